The molecule has 2 aromatic rings. The van der Waals surface area contributed by atoms with Gasteiger partial charge in [0, 0.05) is 33.3 Å². The minimum absolute atomic E-state index is 0.0190. The smallest absolute Gasteiger partial charge is 0.224 e. The van der Waals surface area contributed by atoms with E-state index < -0.39 is 0 Å². The molecule has 0 aliphatic heterocycles. The van der Waals surface area contributed by atoms with Crippen LogP contribution in [0.2, 0.25) is 0 Å². The molecule has 2 rings (SSSR count). The maximum absolute atomic E-state index is 11.9. The Morgan fingerprint density at radius 2 is 2.04 bits per heavy atom. The Morgan fingerprint density at radius 3 is 2.78 bits per heavy atom. The van der Waals surface area contributed by atoms with E-state index in [1.807, 2.05) is 56.3 Å². The van der Waals surface area contributed by atoms with E-state index in [9.17, 15) is 4.79 Å². The lowest BCUT2D eigenvalue weighted by atomic mass is 10.1. The first-order chi connectivity index (χ1) is 11.0. The van der Waals surface area contributed by atoms with Gasteiger partial charge in [-0.2, -0.15) is 5.10 Å². The highest BCUT2D eigenvalue weighted by Gasteiger charge is 2.03. The fourth-order valence-corrected chi connectivity index (χ4v) is 2.15. The van der Waals surface area contributed by atoms with E-state index in [4.69, 9.17) is 0 Å². The van der Waals surface area contributed by atoms with Crippen LogP contribution in [0.5, 0.6) is 0 Å². The van der Waals surface area contributed by atoms with Crippen molar-refractivity contribution >= 4 is 17.4 Å². The molecule has 6 nitrogen and oxygen atoms in total. The van der Waals surface area contributed by atoms with Crippen LogP contribution < -0.4 is 15.5 Å². The fraction of sp³-hybridized carbons (Fsp3) is 0.353. The molecule has 0 unspecified atom stereocenters. The van der Waals surface area contributed by atoms with Gasteiger partial charge in [0.1, 0.15) is 0 Å². The summed E-state index contributed by atoms with van der Waals surface area (Å²) in [5, 5.41) is 14.0. The van der Waals surface area contributed by atoms with E-state index >= 15 is 0 Å². The van der Waals surface area contributed by atoms with Gasteiger partial charge < -0.3 is 15.5 Å². The van der Waals surface area contributed by atoms with Crippen molar-refractivity contribution in [3.8, 4) is 0 Å². The Balaban J connectivity index is 1.73. The van der Waals surface area contributed by atoms with Gasteiger partial charge in [0.25, 0.3) is 0 Å². The van der Waals surface area contributed by atoms with Gasteiger partial charge in [0.15, 0.2) is 5.82 Å². The van der Waals surface area contributed by atoms with Crippen molar-refractivity contribution < 1.29 is 4.79 Å². The van der Waals surface area contributed by atoms with E-state index in [0.717, 1.165) is 16.8 Å². The number of aryl methyl sites for hydroxylation is 1. The molecule has 1 aromatic carbocycles. The maximum Gasteiger partial charge on any atom is 0.224 e. The van der Waals surface area contributed by atoms with Gasteiger partial charge in [-0.3, -0.25) is 4.79 Å². The minimum atomic E-state index is 0.0190. The van der Waals surface area contributed by atoms with Crippen LogP contribution in [0.1, 0.15) is 11.1 Å². The molecule has 6 heteroatoms. The summed E-state index contributed by atoms with van der Waals surface area (Å²) in [7, 11) is 3.90. The number of nitrogens with zero attached hydrogens (tertiary/aromatic N) is 3. The molecular weight excluding hydrogens is 290 g/mol. The van der Waals surface area contributed by atoms with Crippen LogP contribution >= 0.6 is 0 Å². The van der Waals surface area contributed by atoms with Crippen LogP contribution in [0, 0.1) is 6.92 Å². The van der Waals surface area contributed by atoms with Crippen LogP contribution in [-0.2, 0) is 11.2 Å². The van der Waals surface area contributed by atoms with Crippen molar-refractivity contribution in [2.24, 2.45) is 0 Å². The third-order valence-corrected chi connectivity index (χ3v) is 3.36. The van der Waals surface area contributed by atoms with Gasteiger partial charge in [-0.1, -0.05) is 29.8 Å². The van der Waals surface area contributed by atoms with Crippen LogP contribution in [0.15, 0.2) is 36.5 Å². The monoisotopic (exact) mass is 313 g/mol. The topological polar surface area (TPSA) is 70.2 Å². The average molecular weight is 313 g/mol. The second kappa shape index (κ2) is 8.12. The van der Waals surface area contributed by atoms with Crippen molar-refractivity contribution in [2.45, 2.75) is 13.3 Å². The molecular formula is C17H23N5O. The number of carbonyl (C=O) groups is 1. The zero-order valence-corrected chi connectivity index (χ0v) is 13.8. The fourth-order valence-electron chi connectivity index (χ4n) is 2.15. The Bertz CT molecular complexity index is 657. The van der Waals surface area contributed by atoms with Gasteiger partial charge in [0.05, 0.1) is 18.3 Å². The molecule has 122 valence electrons. The van der Waals surface area contributed by atoms with Crippen LogP contribution in [0.3, 0.4) is 0 Å². The number of hydrogen-bond acceptors (Lipinski definition) is 5. The first kappa shape index (κ1) is 16.7. The zero-order chi connectivity index (χ0) is 16.7. The standard InChI is InChI=1S/C17H23N5O/c1-13-5-4-6-14(9-13)10-17(23)19-8-7-18-16-11-15(22(2)3)12-20-21-16/h4-6,9,11-12H,7-8,10H2,1-3H3,(H,18,21)(H,19,23). The lowest BCUT2D eigenvalue weighted by Crippen LogP contribution is -2.30. The number of benzene rings is 1. The molecule has 0 saturated heterocycles. The molecule has 0 radical (unpaired) electrons. The molecule has 1 amide bonds. The SMILES string of the molecule is Cc1cccc(CC(=O)NCCNc2cc(N(C)C)cnn2)c1. The first-order valence-electron chi connectivity index (χ1n) is 7.61. The summed E-state index contributed by atoms with van der Waals surface area (Å²) in [5.74, 6) is 0.717. The highest BCUT2D eigenvalue weighted by atomic mass is 16.1. The van der Waals surface area contributed by atoms with Gasteiger partial charge in [0.2, 0.25) is 5.91 Å². The summed E-state index contributed by atoms with van der Waals surface area (Å²) in [6, 6.07) is 9.90. The number of anilines is 2. The lowest BCUT2D eigenvalue weighted by Gasteiger charge is -2.13. The number of aromatic nitrogens is 2. The molecule has 0 bridgehead atoms. The van der Waals surface area contributed by atoms with Crippen molar-refractivity contribution in [1.82, 2.24) is 15.5 Å². The van der Waals surface area contributed by atoms with E-state index in [-0.39, 0.29) is 5.91 Å². The van der Waals surface area contributed by atoms with Gasteiger partial charge in [-0.25, -0.2) is 0 Å². The van der Waals surface area contributed by atoms with Crippen molar-refractivity contribution in [2.75, 3.05) is 37.4 Å². The van der Waals surface area contributed by atoms with E-state index in [1.165, 1.54) is 0 Å². The average Bonchev–Trinajstić information content (AvgIpc) is 2.52. The number of nitrogens with one attached hydrogen (secondary N) is 2. The summed E-state index contributed by atoms with van der Waals surface area (Å²) in [5.41, 5.74) is 3.17. The predicted molar refractivity (Wildman–Crippen MR) is 92.7 cm³/mol. The molecule has 0 aliphatic rings. The molecule has 0 aliphatic carbocycles. The Kier molecular flexibility index (Phi) is 5.91. The Morgan fingerprint density at radius 1 is 1.22 bits per heavy atom. The Labute approximate surface area is 136 Å². The summed E-state index contributed by atoms with van der Waals surface area (Å²) >= 11 is 0. The molecule has 1 aromatic heterocycles. The molecule has 23 heavy (non-hydrogen) atoms. The van der Waals surface area contributed by atoms with Crippen LogP contribution in [-0.4, -0.2) is 43.3 Å². The van der Waals surface area contributed by atoms with Crippen molar-refractivity contribution in [1.29, 1.82) is 0 Å². The maximum atomic E-state index is 11.9. The molecule has 0 spiro atoms. The zero-order valence-electron chi connectivity index (χ0n) is 13.8. The van der Waals surface area contributed by atoms with E-state index in [1.54, 1.807) is 6.20 Å². The molecule has 0 atom stereocenters. The molecule has 0 saturated carbocycles. The number of amides is 1. The normalized spacial score (nSPS) is 10.2. The highest BCUT2D eigenvalue weighted by Crippen LogP contribution is 2.12. The predicted octanol–water partition coefficient (Wildman–Crippen LogP) is 1.62. The number of hydrogen-bond donors (Lipinski definition) is 2. The second-order valence-corrected chi connectivity index (χ2v) is 5.64. The van der Waals surface area contributed by atoms with Crippen LogP contribution in [0.4, 0.5) is 11.5 Å². The summed E-state index contributed by atoms with van der Waals surface area (Å²) in [6.07, 6.45) is 2.10. The highest BCUT2D eigenvalue weighted by molar-refractivity contribution is 5.78. The molecule has 2 N–H and O–H groups in total. The van der Waals surface area contributed by atoms with Gasteiger partial charge in [-0.15, -0.1) is 5.10 Å². The third kappa shape index (κ3) is 5.58. The number of carbonyl (C=O) groups excluding carboxylic acids is 1. The van der Waals surface area contributed by atoms with Crippen molar-refractivity contribution in [3.63, 3.8) is 0 Å². The lowest BCUT2D eigenvalue weighted by molar-refractivity contribution is -0.120. The summed E-state index contributed by atoms with van der Waals surface area (Å²) < 4.78 is 0. The Hall–Kier alpha value is -2.63. The van der Waals surface area contributed by atoms with Gasteiger partial charge >= 0.3 is 0 Å². The van der Waals surface area contributed by atoms with Crippen molar-refractivity contribution in [3.05, 3.63) is 47.7 Å². The number of rotatable bonds is 7. The largest absolute Gasteiger partial charge is 0.376 e. The second-order valence-electron chi connectivity index (χ2n) is 5.64. The summed E-state index contributed by atoms with van der Waals surface area (Å²) in [6.45, 7) is 3.16. The molecule has 0 fully saturated rings. The van der Waals surface area contributed by atoms with Gasteiger partial charge in [-0.05, 0) is 12.5 Å². The molecule has 1 heterocycles. The quantitative estimate of drug-likeness (QED) is 0.760. The summed E-state index contributed by atoms with van der Waals surface area (Å²) in [4.78, 5) is 13.9. The van der Waals surface area contributed by atoms with E-state index in [0.29, 0.717) is 25.3 Å². The van der Waals surface area contributed by atoms with E-state index in [2.05, 4.69) is 20.8 Å². The first-order valence-corrected chi connectivity index (χ1v) is 7.61. The van der Waals surface area contributed by atoms with Crippen LogP contribution in [0.25, 0.3) is 0 Å². The third-order valence-electron chi connectivity index (χ3n) is 3.36. The minimum Gasteiger partial charge on any atom is -0.376 e.